The van der Waals surface area contributed by atoms with Gasteiger partial charge in [0.25, 0.3) is 0 Å². The molecule has 0 fully saturated rings. The van der Waals surface area contributed by atoms with E-state index in [2.05, 4.69) is 16.9 Å². The molecule has 1 heterocycles. The first-order valence-corrected chi connectivity index (χ1v) is 8.00. The van der Waals surface area contributed by atoms with Crippen molar-refractivity contribution in [3.63, 3.8) is 0 Å². The topological polar surface area (TPSA) is 79.4 Å². The molecule has 0 unspecified atom stereocenters. The van der Waals surface area contributed by atoms with Crippen LogP contribution in [0.25, 0.3) is 0 Å². The SMILES string of the molecule is C=CCNC(=O)CCN(Cc1ccncc1)S(C)(=O)=O. The molecular formula is C13H19N3O3S. The molecule has 1 amide bonds. The van der Waals surface area contributed by atoms with Crippen LogP contribution in [0.15, 0.2) is 37.2 Å². The van der Waals surface area contributed by atoms with Gasteiger partial charge in [-0.1, -0.05) is 6.08 Å². The molecule has 1 rings (SSSR count). The first-order valence-electron chi connectivity index (χ1n) is 6.15. The standard InChI is InChI=1S/C13H19N3O3S/c1-3-7-15-13(17)6-10-16(20(2,18)19)11-12-4-8-14-9-5-12/h3-5,8-9H,1,6-7,10-11H2,2H3,(H,15,17). The highest BCUT2D eigenvalue weighted by Gasteiger charge is 2.18. The van der Waals surface area contributed by atoms with Gasteiger partial charge >= 0.3 is 0 Å². The van der Waals surface area contributed by atoms with Gasteiger partial charge in [-0.2, -0.15) is 4.31 Å². The van der Waals surface area contributed by atoms with Crippen molar-refractivity contribution in [2.24, 2.45) is 0 Å². The van der Waals surface area contributed by atoms with Crippen LogP contribution in [0.5, 0.6) is 0 Å². The van der Waals surface area contributed by atoms with Crippen molar-refractivity contribution >= 4 is 15.9 Å². The van der Waals surface area contributed by atoms with E-state index in [1.165, 1.54) is 4.31 Å². The van der Waals surface area contributed by atoms with Gasteiger partial charge in [0, 0.05) is 38.4 Å². The van der Waals surface area contributed by atoms with Gasteiger partial charge in [-0.3, -0.25) is 9.78 Å². The van der Waals surface area contributed by atoms with Gasteiger partial charge in [-0.05, 0) is 17.7 Å². The summed E-state index contributed by atoms with van der Waals surface area (Å²) in [5.41, 5.74) is 0.830. The largest absolute Gasteiger partial charge is 0.353 e. The lowest BCUT2D eigenvalue weighted by atomic mass is 10.2. The number of rotatable bonds is 8. The quantitative estimate of drug-likeness (QED) is 0.710. The second kappa shape index (κ2) is 7.76. The zero-order valence-corrected chi connectivity index (χ0v) is 12.3. The Bertz CT molecular complexity index is 543. The number of amides is 1. The maximum atomic E-state index is 11.7. The van der Waals surface area contributed by atoms with Gasteiger partial charge in [0.15, 0.2) is 0 Å². The predicted octanol–water partition coefficient (Wildman–Crippen LogP) is 0.535. The average molecular weight is 297 g/mol. The molecular weight excluding hydrogens is 278 g/mol. The summed E-state index contributed by atoms with van der Waals surface area (Å²) in [5, 5.41) is 2.61. The van der Waals surface area contributed by atoms with E-state index in [1.807, 2.05) is 0 Å². The van der Waals surface area contributed by atoms with Crippen LogP contribution >= 0.6 is 0 Å². The Morgan fingerprint density at radius 2 is 2.10 bits per heavy atom. The number of nitrogens with one attached hydrogen (secondary N) is 1. The summed E-state index contributed by atoms with van der Waals surface area (Å²) in [5.74, 6) is -0.201. The number of carbonyl (C=O) groups excluding carboxylic acids is 1. The van der Waals surface area contributed by atoms with Crippen molar-refractivity contribution in [1.29, 1.82) is 0 Å². The van der Waals surface area contributed by atoms with Crippen molar-refractivity contribution in [3.8, 4) is 0 Å². The molecule has 0 radical (unpaired) electrons. The second-order valence-corrected chi connectivity index (χ2v) is 6.28. The molecule has 0 aliphatic carbocycles. The van der Waals surface area contributed by atoms with Gasteiger partial charge < -0.3 is 5.32 Å². The number of carbonyl (C=O) groups is 1. The first-order chi connectivity index (χ1) is 9.43. The highest BCUT2D eigenvalue weighted by atomic mass is 32.2. The Morgan fingerprint density at radius 3 is 2.65 bits per heavy atom. The molecule has 110 valence electrons. The molecule has 20 heavy (non-hydrogen) atoms. The molecule has 0 aromatic carbocycles. The fourth-order valence-corrected chi connectivity index (χ4v) is 2.36. The number of sulfonamides is 1. The molecule has 7 heteroatoms. The van der Waals surface area contributed by atoms with Gasteiger partial charge in [0.05, 0.1) is 6.26 Å². The number of nitrogens with zero attached hydrogens (tertiary/aromatic N) is 2. The molecule has 6 nitrogen and oxygen atoms in total. The Kier molecular flexibility index (Phi) is 6.33. The van der Waals surface area contributed by atoms with E-state index < -0.39 is 10.0 Å². The lowest BCUT2D eigenvalue weighted by Crippen LogP contribution is -2.34. The summed E-state index contributed by atoms with van der Waals surface area (Å²) in [6.45, 7) is 4.25. The number of hydrogen-bond donors (Lipinski definition) is 1. The van der Waals surface area contributed by atoms with E-state index in [-0.39, 0.29) is 25.4 Å². The molecule has 0 bridgehead atoms. The van der Waals surface area contributed by atoms with Crippen LogP contribution in [0.2, 0.25) is 0 Å². The van der Waals surface area contributed by atoms with E-state index in [4.69, 9.17) is 0 Å². The third-order valence-corrected chi connectivity index (χ3v) is 3.86. The van der Waals surface area contributed by atoms with Crippen molar-refractivity contribution < 1.29 is 13.2 Å². The van der Waals surface area contributed by atoms with Crippen LogP contribution in [0.3, 0.4) is 0 Å². The van der Waals surface area contributed by atoms with Crippen molar-refractivity contribution in [2.45, 2.75) is 13.0 Å². The van der Waals surface area contributed by atoms with Gasteiger partial charge in [0.1, 0.15) is 0 Å². The third-order valence-electron chi connectivity index (χ3n) is 2.61. The molecule has 0 saturated heterocycles. The number of aromatic nitrogens is 1. The molecule has 0 saturated carbocycles. The van der Waals surface area contributed by atoms with Gasteiger partial charge in [-0.15, -0.1) is 6.58 Å². The maximum Gasteiger partial charge on any atom is 0.221 e. The Morgan fingerprint density at radius 1 is 1.45 bits per heavy atom. The molecule has 0 atom stereocenters. The second-order valence-electron chi connectivity index (χ2n) is 4.29. The zero-order valence-electron chi connectivity index (χ0n) is 11.4. The van der Waals surface area contributed by atoms with Crippen LogP contribution in [0.4, 0.5) is 0 Å². The van der Waals surface area contributed by atoms with Crippen molar-refractivity contribution in [1.82, 2.24) is 14.6 Å². The highest BCUT2D eigenvalue weighted by Crippen LogP contribution is 2.08. The van der Waals surface area contributed by atoms with E-state index >= 15 is 0 Å². The van der Waals surface area contributed by atoms with E-state index in [9.17, 15) is 13.2 Å². The molecule has 1 aromatic rings. The minimum Gasteiger partial charge on any atom is -0.353 e. The third kappa shape index (κ3) is 5.94. The maximum absolute atomic E-state index is 11.7. The minimum atomic E-state index is -3.37. The monoisotopic (exact) mass is 297 g/mol. The predicted molar refractivity (Wildman–Crippen MR) is 77.3 cm³/mol. The average Bonchev–Trinajstić information content (AvgIpc) is 2.41. The first kappa shape index (κ1) is 16.3. The van der Waals surface area contributed by atoms with Crippen LogP contribution < -0.4 is 5.32 Å². The summed E-state index contributed by atoms with van der Waals surface area (Å²) in [6.07, 6.45) is 6.03. The highest BCUT2D eigenvalue weighted by molar-refractivity contribution is 7.88. The summed E-state index contributed by atoms with van der Waals surface area (Å²) in [7, 11) is -3.37. The smallest absolute Gasteiger partial charge is 0.221 e. The van der Waals surface area contributed by atoms with Gasteiger partial charge in [-0.25, -0.2) is 8.42 Å². The van der Waals surface area contributed by atoms with E-state index in [1.54, 1.807) is 30.6 Å². The molecule has 1 aromatic heterocycles. The Labute approximate surface area is 119 Å². The van der Waals surface area contributed by atoms with E-state index in [0.717, 1.165) is 11.8 Å². The minimum absolute atomic E-state index is 0.117. The zero-order chi connectivity index (χ0) is 15.0. The summed E-state index contributed by atoms with van der Waals surface area (Å²) < 4.78 is 24.7. The van der Waals surface area contributed by atoms with Crippen molar-refractivity contribution in [3.05, 3.63) is 42.7 Å². The van der Waals surface area contributed by atoms with Crippen molar-refractivity contribution in [2.75, 3.05) is 19.3 Å². The lowest BCUT2D eigenvalue weighted by Gasteiger charge is -2.19. The number of hydrogen-bond acceptors (Lipinski definition) is 4. The Hall–Kier alpha value is -1.73. The number of pyridine rings is 1. The normalized spacial score (nSPS) is 11.3. The summed E-state index contributed by atoms with van der Waals surface area (Å²) in [4.78, 5) is 15.4. The fraction of sp³-hybridized carbons (Fsp3) is 0.385. The van der Waals surface area contributed by atoms with Crippen LogP contribution in [-0.4, -0.2) is 43.0 Å². The molecule has 1 N–H and O–H groups in total. The van der Waals surface area contributed by atoms with Crippen LogP contribution in [0, 0.1) is 0 Å². The fourth-order valence-electron chi connectivity index (χ4n) is 1.55. The lowest BCUT2D eigenvalue weighted by molar-refractivity contribution is -0.121. The molecule has 0 spiro atoms. The Balaban J connectivity index is 2.62. The summed E-state index contributed by atoms with van der Waals surface area (Å²) in [6, 6.07) is 3.49. The van der Waals surface area contributed by atoms with E-state index in [0.29, 0.717) is 6.54 Å². The van der Waals surface area contributed by atoms with Gasteiger partial charge in [0.2, 0.25) is 15.9 Å². The van der Waals surface area contributed by atoms with Crippen LogP contribution in [-0.2, 0) is 21.4 Å². The summed E-state index contributed by atoms with van der Waals surface area (Å²) >= 11 is 0. The molecule has 0 aliphatic rings. The van der Waals surface area contributed by atoms with Crippen LogP contribution in [0.1, 0.15) is 12.0 Å². The molecule has 0 aliphatic heterocycles.